The topological polar surface area (TPSA) is 29.3 Å². The predicted octanol–water partition coefficient (Wildman–Crippen LogP) is 3.87. The van der Waals surface area contributed by atoms with Crippen LogP contribution in [0.1, 0.15) is 51.0 Å². The van der Waals surface area contributed by atoms with E-state index in [0.29, 0.717) is 12.5 Å². The Morgan fingerprint density at radius 2 is 1.90 bits per heavy atom. The maximum atomic E-state index is 14.1. The van der Waals surface area contributed by atoms with Crippen molar-refractivity contribution in [3.8, 4) is 0 Å². The largest absolute Gasteiger partial charge is 0.371 e. The number of rotatable bonds is 4. The molecule has 0 saturated heterocycles. The fraction of sp³-hybridized carbons (Fsp3) is 0.647. The van der Waals surface area contributed by atoms with Gasteiger partial charge < -0.3 is 10.6 Å². The molecule has 1 aromatic carbocycles. The molecule has 1 saturated carbocycles. The van der Waals surface area contributed by atoms with Gasteiger partial charge in [-0.3, -0.25) is 0 Å². The Hall–Kier alpha value is -1.09. The third-order valence-electron chi connectivity index (χ3n) is 4.37. The Morgan fingerprint density at radius 1 is 1.25 bits per heavy atom. The molecule has 20 heavy (non-hydrogen) atoms. The van der Waals surface area contributed by atoms with Crippen molar-refractivity contribution in [2.45, 2.75) is 64.0 Å². The molecule has 2 N–H and O–H groups in total. The summed E-state index contributed by atoms with van der Waals surface area (Å²) >= 11 is 0. The highest BCUT2D eigenvalue weighted by molar-refractivity contribution is 5.54. The quantitative estimate of drug-likeness (QED) is 0.847. The molecule has 0 aromatic heterocycles. The van der Waals surface area contributed by atoms with Gasteiger partial charge in [-0.1, -0.05) is 31.7 Å². The van der Waals surface area contributed by atoms with E-state index < -0.39 is 0 Å². The summed E-state index contributed by atoms with van der Waals surface area (Å²) < 4.78 is 14.1. The average Bonchev–Trinajstić information content (AvgIpc) is 2.69. The van der Waals surface area contributed by atoms with Crippen LogP contribution in [-0.2, 0) is 6.42 Å². The van der Waals surface area contributed by atoms with E-state index in [4.69, 9.17) is 5.73 Å². The van der Waals surface area contributed by atoms with Gasteiger partial charge in [0.1, 0.15) is 5.82 Å². The summed E-state index contributed by atoms with van der Waals surface area (Å²) in [6.07, 6.45) is 8.26. The summed E-state index contributed by atoms with van der Waals surface area (Å²) in [5, 5.41) is 0. The van der Waals surface area contributed by atoms with Crippen molar-refractivity contribution in [2.24, 2.45) is 5.73 Å². The van der Waals surface area contributed by atoms with E-state index in [0.717, 1.165) is 11.3 Å². The molecule has 0 heterocycles. The highest BCUT2D eigenvalue weighted by atomic mass is 19.1. The first kappa shape index (κ1) is 15.3. The minimum absolute atomic E-state index is 0.0202. The van der Waals surface area contributed by atoms with Crippen LogP contribution in [0.15, 0.2) is 18.2 Å². The zero-order chi connectivity index (χ0) is 14.5. The second-order valence-corrected chi connectivity index (χ2v) is 6.18. The second kappa shape index (κ2) is 7.07. The molecule has 0 radical (unpaired) electrons. The van der Waals surface area contributed by atoms with E-state index in [1.807, 2.05) is 19.1 Å². The van der Waals surface area contributed by atoms with E-state index in [2.05, 4.69) is 11.9 Å². The molecular formula is C17H27FN2. The molecule has 3 heteroatoms. The first-order chi connectivity index (χ1) is 9.59. The number of halogens is 1. The van der Waals surface area contributed by atoms with Gasteiger partial charge in [0.15, 0.2) is 0 Å². The predicted molar refractivity (Wildman–Crippen MR) is 83.6 cm³/mol. The summed E-state index contributed by atoms with van der Waals surface area (Å²) in [5.41, 5.74) is 7.68. The summed E-state index contributed by atoms with van der Waals surface area (Å²) in [5.74, 6) is -0.125. The molecule has 1 fully saturated rings. The van der Waals surface area contributed by atoms with Crippen LogP contribution in [0.3, 0.4) is 0 Å². The van der Waals surface area contributed by atoms with Crippen molar-refractivity contribution in [3.63, 3.8) is 0 Å². The minimum Gasteiger partial charge on any atom is -0.371 e. The van der Waals surface area contributed by atoms with Crippen LogP contribution in [0.25, 0.3) is 0 Å². The summed E-state index contributed by atoms with van der Waals surface area (Å²) in [7, 11) is 2.11. The molecular weight excluding hydrogens is 251 g/mol. The molecule has 1 unspecified atom stereocenters. The van der Waals surface area contributed by atoms with Crippen LogP contribution in [0.2, 0.25) is 0 Å². The van der Waals surface area contributed by atoms with Gasteiger partial charge in [-0.25, -0.2) is 4.39 Å². The van der Waals surface area contributed by atoms with Gasteiger partial charge >= 0.3 is 0 Å². The number of nitrogens with zero attached hydrogens (tertiary/aromatic N) is 1. The zero-order valence-corrected chi connectivity index (χ0v) is 12.7. The third-order valence-corrected chi connectivity index (χ3v) is 4.37. The van der Waals surface area contributed by atoms with Gasteiger partial charge in [-0.05, 0) is 38.3 Å². The smallest absolute Gasteiger partial charge is 0.128 e. The van der Waals surface area contributed by atoms with Crippen molar-refractivity contribution in [3.05, 3.63) is 29.6 Å². The molecule has 1 aliphatic rings. The molecule has 0 spiro atoms. The first-order valence-electron chi connectivity index (χ1n) is 7.85. The molecule has 1 aliphatic carbocycles. The average molecular weight is 278 g/mol. The Balaban J connectivity index is 2.23. The number of hydrogen-bond acceptors (Lipinski definition) is 2. The van der Waals surface area contributed by atoms with Gasteiger partial charge in [0.25, 0.3) is 0 Å². The molecule has 2 rings (SSSR count). The van der Waals surface area contributed by atoms with Gasteiger partial charge in [0.2, 0.25) is 0 Å². The lowest BCUT2D eigenvalue weighted by molar-refractivity contribution is 0.545. The molecule has 1 atom stereocenters. The maximum Gasteiger partial charge on any atom is 0.128 e. The van der Waals surface area contributed by atoms with E-state index in [1.165, 1.54) is 38.5 Å². The standard InChI is InChI=1S/C17H27FN2/c1-13(19)12-15-16(18)10-7-11-17(15)20(2)14-8-5-3-4-6-9-14/h7,10-11,13-14H,3-6,8-9,12,19H2,1-2H3. The lowest BCUT2D eigenvalue weighted by Crippen LogP contribution is -2.32. The van der Waals surface area contributed by atoms with Crippen LogP contribution < -0.4 is 10.6 Å². The normalized spacial score (nSPS) is 18.6. The summed E-state index contributed by atoms with van der Waals surface area (Å²) in [4.78, 5) is 2.28. The summed E-state index contributed by atoms with van der Waals surface area (Å²) in [6.45, 7) is 1.93. The summed E-state index contributed by atoms with van der Waals surface area (Å²) in [6, 6.07) is 5.90. The number of anilines is 1. The molecule has 1 aromatic rings. The monoisotopic (exact) mass is 278 g/mol. The van der Waals surface area contributed by atoms with E-state index in [-0.39, 0.29) is 11.9 Å². The van der Waals surface area contributed by atoms with Crippen molar-refractivity contribution in [1.29, 1.82) is 0 Å². The van der Waals surface area contributed by atoms with Crippen LogP contribution in [0, 0.1) is 5.82 Å². The Morgan fingerprint density at radius 3 is 2.50 bits per heavy atom. The van der Waals surface area contributed by atoms with Crippen LogP contribution in [-0.4, -0.2) is 19.1 Å². The van der Waals surface area contributed by atoms with Gasteiger partial charge in [0.05, 0.1) is 0 Å². The van der Waals surface area contributed by atoms with Gasteiger partial charge in [-0.2, -0.15) is 0 Å². The fourth-order valence-electron chi connectivity index (χ4n) is 3.24. The molecule has 0 amide bonds. The van der Waals surface area contributed by atoms with Crippen LogP contribution in [0.5, 0.6) is 0 Å². The molecule has 112 valence electrons. The lowest BCUT2D eigenvalue weighted by Gasteiger charge is -2.31. The fourth-order valence-corrected chi connectivity index (χ4v) is 3.24. The SMILES string of the molecule is CC(N)Cc1c(F)cccc1N(C)C1CCCCCC1. The zero-order valence-electron chi connectivity index (χ0n) is 12.7. The Kier molecular flexibility index (Phi) is 5.41. The number of nitrogens with two attached hydrogens (primary N) is 1. The Labute approximate surface area is 122 Å². The van der Waals surface area contributed by atoms with Crippen molar-refractivity contribution >= 4 is 5.69 Å². The number of hydrogen-bond donors (Lipinski definition) is 1. The minimum atomic E-state index is -0.125. The third kappa shape index (κ3) is 3.72. The van der Waals surface area contributed by atoms with Crippen molar-refractivity contribution in [2.75, 3.05) is 11.9 Å². The van der Waals surface area contributed by atoms with E-state index >= 15 is 0 Å². The van der Waals surface area contributed by atoms with Gasteiger partial charge in [-0.15, -0.1) is 0 Å². The molecule has 2 nitrogen and oxygen atoms in total. The van der Waals surface area contributed by atoms with Crippen LogP contribution >= 0.6 is 0 Å². The second-order valence-electron chi connectivity index (χ2n) is 6.18. The number of benzene rings is 1. The highest BCUT2D eigenvalue weighted by Crippen LogP contribution is 2.29. The molecule has 0 aliphatic heterocycles. The maximum absolute atomic E-state index is 14.1. The Bertz CT molecular complexity index is 423. The molecule has 0 bridgehead atoms. The van der Waals surface area contributed by atoms with Crippen molar-refractivity contribution in [1.82, 2.24) is 0 Å². The van der Waals surface area contributed by atoms with Crippen molar-refractivity contribution < 1.29 is 4.39 Å². The van der Waals surface area contributed by atoms with Gasteiger partial charge in [0, 0.05) is 30.4 Å². The van der Waals surface area contributed by atoms with Crippen LogP contribution in [0.4, 0.5) is 10.1 Å². The van der Waals surface area contributed by atoms with E-state index in [9.17, 15) is 4.39 Å². The van der Waals surface area contributed by atoms with E-state index in [1.54, 1.807) is 6.07 Å². The first-order valence-corrected chi connectivity index (χ1v) is 7.85. The lowest BCUT2D eigenvalue weighted by atomic mass is 10.0. The highest BCUT2D eigenvalue weighted by Gasteiger charge is 2.21.